The van der Waals surface area contributed by atoms with Gasteiger partial charge in [0.2, 0.25) is 5.54 Å². The lowest BCUT2D eigenvalue weighted by atomic mass is 9.72. The molecule has 2 aromatic rings. The molecule has 0 unspecified atom stereocenters. The Kier molecular flexibility index (Phi) is 6.36. The Morgan fingerprint density at radius 2 is 1.61 bits per heavy atom. The third kappa shape index (κ3) is 4.41. The molecular formula is C26H22F6N2O4. The van der Waals surface area contributed by atoms with Gasteiger partial charge in [0, 0.05) is 23.4 Å². The maximum Gasteiger partial charge on any atom is 0.425 e. The number of amides is 2. The normalized spacial score (nSPS) is 21.4. The van der Waals surface area contributed by atoms with E-state index in [-0.39, 0.29) is 24.2 Å². The molecule has 1 aliphatic heterocycles. The number of hydrogen-bond acceptors (Lipinski definition) is 4. The maximum atomic E-state index is 14.9. The van der Waals surface area contributed by atoms with Gasteiger partial charge in [0.25, 0.3) is 11.8 Å². The number of anilines is 1. The van der Waals surface area contributed by atoms with Crippen LogP contribution in [0.3, 0.4) is 0 Å². The fourth-order valence-corrected chi connectivity index (χ4v) is 4.84. The lowest BCUT2D eigenvalue weighted by Gasteiger charge is -2.35. The summed E-state index contributed by atoms with van der Waals surface area (Å²) in [6, 6.07) is 8.24. The first kappa shape index (κ1) is 27.2. The van der Waals surface area contributed by atoms with E-state index in [0.717, 1.165) is 17.0 Å². The van der Waals surface area contributed by atoms with Crippen LogP contribution in [-0.2, 0) is 15.8 Å². The Hall–Kier alpha value is -3.83. The molecule has 202 valence electrons. The van der Waals surface area contributed by atoms with Crippen LogP contribution >= 0.6 is 0 Å². The van der Waals surface area contributed by atoms with E-state index in [9.17, 15) is 40.7 Å². The summed E-state index contributed by atoms with van der Waals surface area (Å²) < 4.78 is 89.3. The number of nitrogens with one attached hydrogen (secondary N) is 1. The zero-order valence-corrected chi connectivity index (χ0v) is 20.4. The highest BCUT2D eigenvalue weighted by Gasteiger charge is 2.72. The van der Waals surface area contributed by atoms with Gasteiger partial charge in [0.15, 0.2) is 5.78 Å². The van der Waals surface area contributed by atoms with E-state index in [2.05, 4.69) is 0 Å². The van der Waals surface area contributed by atoms with Crippen molar-refractivity contribution in [3.05, 3.63) is 70.9 Å². The fraction of sp³-hybridized carbons (Fsp3) is 0.346. The van der Waals surface area contributed by atoms with Gasteiger partial charge in [0.05, 0.1) is 18.2 Å². The van der Waals surface area contributed by atoms with Crippen molar-refractivity contribution in [3.63, 3.8) is 0 Å². The van der Waals surface area contributed by atoms with Gasteiger partial charge in [-0.05, 0) is 54.3 Å². The number of allylic oxidation sites excluding steroid dienone is 1. The first-order valence-electron chi connectivity index (χ1n) is 11.3. The van der Waals surface area contributed by atoms with Crippen molar-refractivity contribution in [1.29, 1.82) is 0 Å². The number of Topliss-reactive ketones (excluding diaryl/α,β-unsaturated/α-hetero) is 1. The summed E-state index contributed by atoms with van der Waals surface area (Å²) in [5.41, 5.74) is -7.82. The lowest BCUT2D eigenvalue weighted by Crippen LogP contribution is -2.66. The summed E-state index contributed by atoms with van der Waals surface area (Å²) >= 11 is 0. The Balaban J connectivity index is 1.90. The van der Waals surface area contributed by atoms with E-state index in [1.807, 2.05) is 0 Å². The van der Waals surface area contributed by atoms with Crippen molar-refractivity contribution >= 4 is 23.3 Å². The summed E-state index contributed by atoms with van der Waals surface area (Å²) in [4.78, 5) is 40.7. The molecule has 0 spiro atoms. The standard InChI is InChI=1S/C26H22F6N2O4/c1-23(2)12-18-20(19(35)13-23)24(26(30,31)32,22(37)34(18)16-7-9-17(38-3)10-8-16)33-21(36)14-5-4-6-15(11-14)25(27,28)29/h4-11H,12-13H2,1-3H3,(H,33,36)/t24-/m1/s1. The van der Waals surface area contributed by atoms with Crippen LogP contribution in [0.5, 0.6) is 5.75 Å². The van der Waals surface area contributed by atoms with Crippen LogP contribution in [0, 0.1) is 5.41 Å². The van der Waals surface area contributed by atoms with Crippen LogP contribution in [0.25, 0.3) is 0 Å². The predicted molar refractivity (Wildman–Crippen MR) is 123 cm³/mol. The number of ketones is 1. The molecule has 38 heavy (non-hydrogen) atoms. The number of carbonyl (C=O) groups excluding carboxylic acids is 3. The molecule has 0 aromatic heterocycles. The van der Waals surface area contributed by atoms with Crippen molar-refractivity contribution in [2.45, 2.75) is 44.6 Å². The summed E-state index contributed by atoms with van der Waals surface area (Å²) in [5.74, 6) is -3.90. The minimum Gasteiger partial charge on any atom is -0.497 e. The third-order valence-electron chi connectivity index (χ3n) is 6.53. The van der Waals surface area contributed by atoms with Gasteiger partial charge in [-0.15, -0.1) is 0 Å². The second-order valence-corrected chi connectivity index (χ2v) is 9.88. The van der Waals surface area contributed by atoms with Gasteiger partial charge >= 0.3 is 12.4 Å². The molecule has 2 amide bonds. The van der Waals surface area contributed by atoms with Gasteiger partial charge in [0.1, 0.15) is 5.75 Å². The lowest BCUT2D eigenvalue weighted by molar-refractivity contribution is -0.186. The van der Waals surface area contributed by atoms with Crippen molar-refractivity contribution in [2.75, 3.05) is 12.0 Å². The number of nitrogens with zero attached hydrogens (tertiary/aromatic N) is 1. The monoisotopic (exact) mass is 540 g/mol. The molecule has 2 aliphatic rings. The summed E-state index contributed by atoms with van der Waals surface area (Å²) in [6.07, 6.45) is -10.8. The van der Waals surface area contributed by atoms with Gasteiger partial charge in [-0.2, -0.15) is 26.3 Å². The Labute approximate surface area is 213 Å². The topological polar surface area (TPSA) is 75.7 Å². The SMILES string of the molecule is COc1ccc(N2C(=O)[C@@](NC(=O)c3cccc(C(F)(F)F)c3)(C(F)(F)F)C3=C2CC(C)(C)CC3=O)cc1. The van der Waals surface area contributed by atoms with Gasteiger partial charge in [-0.1, -0.05) is 19.9 Å². The smallest absolute Gasteiger partial charge is 0.425 e. The van der Waals surface area contributed by atoms with Crippen LogP contribution in [0.4, 0.5) is 32.0 Å². The second-order valence-electron chi connectivity index (χ2n) is 9.88. The molecule has 2 aromatic carbocycles. The molecular weight excluding hydrogens is 518 g/mol. The van der Waals surface area contributed by atoms with E-state index < -0.39 is 57.6 Å². The van der Waals surface area contributed by atoms with Gasteiger partial charge < -0.3 is 10.1 Å². The van der Waals surface area contributed by atoms with Gasteiger partial charge in [-0.3, -0.25) is 19.3 Å². The fourth-order valence-electron chi connectivity index (χ4n) is 4.84. The highest BCUT2D eigenvalue weighted by atomic mass is 19.4. The zero-order valence-electron chi connectivity index (χ0n) is 20.4. The molecule has 1 atom stereocenters. The second kappa shape index (κ2) is 8.88. The quantitative estimate of drug-likeness (QED) is 0.525. The maximum absolute atomic E-state index is 14.9. The molecule has 0 bridgehead atoms. The van der Waals surface area contributed by atoms with E-state index in [1.54, 1.807) is 19.2 Å². The van der Waals surface area contributed by atoms with Crippen LogP contribution in [0.15, 0.2) is 59.8 Å². The van der Waals surface area contributed by atoms with E-state index >= 15 is 0 Å². The number of halogens is 6. The largest absolute Gasteiger partial charge is 0.497 e. The minimum absolute atomic E-state index is 0.00626. The first-order valence-corrected chi connectivity index (χ1v) is 11.3. The molecule has 1 aliphatic carbocycles. The van der Waals surface area contributed by atoms with Crippen molar-refractivity contribution in [1.82, 2.24) is 5.32 Å². The highest BCUT2D eigenvalue weighted by Crippen LogP contribution is 2.53. The Bertz CT molecular complexity index is 1340. The van der Waals surface area contributed by atoms with Crippen LogP contribution in [0.2, 0.25) is 0 Å². The molecule has 12 heteroatoms. The highest BCUT2D eigenvalue weighted by molar-refractivity contribution is 6.21. The van der Waals surface area contributed by atoms with Gasteiger partial charge in [-0.25, -0.2) is 0 Å². The summed E-state index contributed by atoms with van der Waals surface area (Å²) in [7, 11) is 1.37. The Morgan fingerprint density at radius 3 is 2.16 bits per heavy atom. The van der Waals surface area contributed by atoms with Crippen molar-refractivity contribution in [2.24, 2.45) is 5.41 Å². The zero-order chi connectivity index (χ0) is 28.3. The first-order chi connectivity index (χ1) is 17.5. The molecule has 4 rings (SSSR count). The van der Waals surface area contributed by atoms with Crippen LogP contribution in [0.1, 0.15) is 42.6 Å². The number of carbonyl (C=O) groups is 3. The van der Waals surface area contributed by atoms with Crippen LogP contribution < -0.4 is 15.0 Å². The number of hydrogen-bond donors (Lipinski definition) is 1. The van der Waals surface area contributed by atoms with Crippen molar-refractivity contribution in [3.8, 4) is 5.75 Å². The predicted octanol–water partition coefficient (Wildman–Crippen LogP) is 5.43. The number of methoxy groups -OCH3 is 1. The number of ether oxygens (including phenoxy) is 1. The number of rotatable bonds is 4. The molecule has 0 radical (unpaired) electrons. The average Bonchev–Trinajstić information content (AvgIpc) is 3.06. The minimum atomic E-state index is -5.51. The summed E-state index contributed by atoms with van der Waals surface area (Å²) in [5, 5.41) is 1.63. The Morgan fingerprint density at radius 1 is 0.974 bits per heavy atom. The summed E-state index contributed by atoms with van der Waals surface area (Å²) in [6.45, 7) is 3.31. The van der Waals surface area contributed by atoms with Crippen LogP contribution in [-0.4, -0.2) is 36.4 Å². The van der Waals surface area contributed by atoms with E-state index in [4.69, 9.17) is 4.74 Å². The van der Waals surface area contributed by atoms with Crippen molar-refractivity contribution < 1.29 is 45.5 Å². The molecule has 6 nitrogen and oxygen atoms in total. The molecule has 0 saturated carbocycles. The van der Waals surface area contributed by atoms with E-state index in [0.29, 0.717) is 17.9 Å². The van der Waals surface area contributed by atoms with E-state index in [1.165, 1.54) is 31.4 Å². The number of benzene rings is 2. The number of alkyl halides is 6. The average molecular weight is 540 g/mol. The molecule has 0 saturated heterocycles. The third-order valence-corrected chi connectivity index (χ3v) is 6.53. The molecule has 1 heterocycles. The molecule has 0 fully saturated rings. The molecule has 1 N–H and O–H groups in total.